The van der Waals surface area contributed by atoms with Gasteiger partial charge < -0.3 is 0 Å². The zero-order valence-electron chi connectivity index (χ0n) is 8.93. The van der Waals surface area contributed by atoms with E-state index in [1.165, 1.54) is 11.8 Å². The Labute approximate surface area is 97.2 Å². The van der Waals surface area contributed by atoms with Crippen molar-refractivity contribution in [3.63, 3.8) is 0 Å². The number of carbonyl (C=O) groups is 1. The molecule has 1 aliphatic heterocycles. The summed E-state index contributed by atoms with van der Waals surface area (Å²) in [6.07, 6.45) is 1.68. The Balaban J connectivity index is 2.36. The van der Waals surface area contributed by atoms with Crippen molar-refractivity contribution in [3.05, 3.63) is 35.4 Å². The second kappa shape index (κ2) is 4.17. The fourth-order valence-electron chi connectivity index (χ4n) is 1.91. The monoisotopic (exact) mass is 242 g/mol. The lowest BCUT2D eigenvalue weighted by atomic mass is 9.94. The smallest absolute Gasteiger partial charge is 0.181 e. The van der Waals surface area contributed by atoms with Crippen molar-refractivity contribution in [2.24, 2.45) is 0 Å². The molecule has 16 heavy (non-hydrogen) atoms. The first-order chi connectivity index (χ1) is 7.53. The molecule has 0 saturated carbocycles. The maximum atomic E-state index is 13.4. The molecule has 0 spiro atoms. The normalized spacial score (nSPS) is 24.7. The van der Waals surface area contributed by atoms with Gasteiger partial charge in [0.1, 0.15) is 11.6 Å². The molecular weight excluding hydrogens is 230 g/mol. The molecule has 1 fully saturated rings. The van der Waals surface area contributed by atoms with Gasteiger partial charge in [-0.3, -0.25) is 4.79 Å². The predicted molar refractivity (Wildman–Crippen MR) is 60.8 cm³/mol. The number of carbonyl (C=O) groups excluding carboxylic acids is 1. The van der Waals surface area contributed by atoms with Crippen molar-refractivity contribution in [2.45, 2.75) is 24.5 Å². The average Bonchev–Trinajstić information content (AvgIpc) is 2.69. The van der Waals surface area contributed by atoms with E-state index < -0.39 is 16.4 Å². The van der Waals surface area contributed by atoms with Crippen molar-refractivity contribution in [1.82, 2.24) is 0 Å². The molecule has 1 atom stereocenters. The van der Waals surface area contributed by atoms with Crippen LogP contribution < -0.4 is 0 Å². The van der Waals surface area contributed by atoms with E-state index in [1.54, 1.807) is 6.92 Å². The highest BCUT2D eigenvalue weighted by atomic mass is 32.2. The Bertz CT molecular complexity index is 425. The summed E-state index contributed by atoms with van der Waals surface area (Å²) in [6.45, 7) is 1.80. The van der Waals surface area contributed by atoms with Crippen LogP contribution >= 0.6 is 11.8 Å². The van der Waals surface area contributed by atoms with Crippen molar-refractivity contribution >= 4 is 17.5 Å². The fraction of sp³-hybridized carbons (Fsp3) is 0.417. The molecule has 1 saturated heterocycles. The van der Waals surface area contributed by atoms with Crippen LogP contribution in [0.15, 0.2) is 18.2 Å². The lowest BCUT2D eigenvalue weighted by Gasteiger charge is -2.21. The molecule has 2 rings (SSSR count). The van der Waals surface area contributed by atoms with Gasteiger partial charge in [-0.25, -0.2) is 8.78 Å². The molecule has 1 heterocycles. The number of hydrogen-bond donors (Lipinski definition) is 0. The average molecular weight is 242 g/mol. The van der Waals surface area contributed by atoms with Crippen molar-refractivity contribution < 1.29 is 13.6 Å². The number of ketones is 1. The van der Waals surface area contributed by atoms with Crippen LogP contribution in [0.4, 0.5) is 8.78 Å². The van der Waals surface area contributed by atoms with E-state index in [-0.39, 0.29) is 11.3 Å². The van der Waals surface area contributed by atoms with Crippen molar-refractivity contribution in [1.29, 1.82) is 0 Å². The number of benzene rings is 1. The third-order valence-corrected chi connectivity index (χ3v) is 4.39. The molecule has 0 amide bonds. The minimum absolute atomic E-state index is 0.128. The van der Waals surface area contributed by atoms with Crippen LogP contribution in [0, 0.1) is 11.6 Å². The number of hydrogen-bond acceptors (Lipinski definition) is 2. The number of rotatable bonds is 2. The van der Waals surface area contributed by atoms with Gasteiger partial charge in [0, 0.05) is 0 Å². The predicted octanol–water partition coefficient (Wildman–Crippen LogP) is 3.43. The van der Waals surface area contributed by atoms with E-state index in [2.05, 4.69) is 0 Å². The van der Waals surface area contributed by atoms with Gasteiger partial charge >= 0.3 is 0 Å². The summed E-state index contributed by atoms with van der Waals surface area (Å²) >= 11 is 1.52. The van der Waals surface area contributed by atoms with Crippen LogP contribution in [-0.4, -0.2) is 16.3 Å². The first-order valence-corrected chi connectivity index (χ1v) is 6.15. The van der Waals surface area contributed by atoms with E-state index in [4.69, 9.17) is 0 Å². The SMILES string of the molecule is CC1(C(=O)c2cc(F)ccc2F)CCCS1. The van der Waals surface area contributed by atoms with Crippen LogP contribution in [0.2, 0.25) is 0 Å². The molecule has 4 heteroatoms. The fourth-order valence-corrected chi connectivity index (χ4v) is 3.18. The van der Waals surface area contributed by atoms with Gasteiger partial charge in [-0.1, -0.05) is 0 Å². The van der Waals surface area contributed by atoms with E-state index in [9.17, 15) is 13.6 Å². The topological polar surface area (TPSA) is 17.1 Å². The molecule has 0 aromatic heterocycles. The van der Waals surface area contributed by atoms with Gasteiger partial charge in [0.25, 0.3) is 0 Å². The van der Waals surface area contributed by atoms with E-state index in [0.717, 1.165) is 36.8 Å². The Morgan fingerprint density at radius 3 is 2.81 bits per heavy atom. The Morgan fingerprint density at radius 2 is 2.19 bits per heavy atom. The Morgan fingerprint density at radius 1 is 1.44 bits per heavy atom. The summed E-state index contributed by atoms with van der Waals surface area (Å²) in [7, 11) is 0. The van der Waals surface area contributed by atoms with Crippen LogP contribution in [0.1, 0.15) is 30.1 Å². The van der Waals surface area contributed by atoms with E-state index in [1.807, 2.05) is 0 Å². The van der Waals surface area contributed by atoms with Crippen LogP contribution in [-0.2, 0) is 0 Å². The Hall–Kier alpha value is -0.900. The quantitative estimate of drug-likeness (QED) is 0.739. The van der Waals surface area contributed by atoms with Gasteiger partial charge in [-0.2, -0.15) is 0 Å². The maximum Gasteiger partial charge on any atom is 0.181 e. The minimum Gasteiger partial charge on any atom is -0.292 e. The van der Waals surface area contributed by atoms with Crippen LogP contribution in [0.25, 0.3) is 0 Å². The molecule has 0 bridgehead atoms. The Kier molecular flexibility index (Phi) is 3.02. The number of thioether (sulfide) groups is 1. The zero-order chi connectivity index (χ0) is 11.8. The van der Waals surface area contributed by atoms with Crippen molar-refractivity contribution in [3.8, 4) is 0 Å². The molecule has 0 aliphatic carbocycles. The second-order valence-corrected chi connectivity index (χ2v) is 5.73. The third kappa shape index (κ3) is 1.98. The van der Waals surface area contributed by atoms with E-state index in [0.29, 0.717) is 0 Å². The van der Waals surface area contributed by atoms with E-state index >= 15 is 0 Å². The maximum absolute atomic E-state index is 13.4. The molecular formula is C12H12F2OS. The highest BCUT2D eigenvalue weighted by molar-refractivity contribution is 8.01. The molecule has 1 aliphatic rings. The third-order valence-electron chi connectivity index (χ3n) is 2.87. The molecule has 1 aromatic carbocycles. The lowest BCUT2D eigenvalue weighted by molar-refractivity contribution is 0.0944. The van der Waals surface area contributed by atoms with Gasteiger partial charge in [0.2, 0.25) is 0 Å². The van der Waals surface area contributed by atoms with Crippen LogP contribution in [0.3, 0.4) is 0 Å². The summed E-state index contributed by atoms with van der Waals surface area (Å²) in [4.78, 5) is 12.1. The minimum atomic E-state index is -0.639. The summed E-state index contributed by atoms with van der Waals surface area (Å²) in [5.41, 5.74) is -0.128. The molecule has 1 nitrogen and oxygen atoms in total. The van der Waals surface area contributed by atoms with Gasteiger partial charge in [-0.15, -0.1) is 11.8 Å². The molecule has 0 N–H and O–H groups in total. The van der Waals surface area contributed by atoms with Crippen LogP contribution in [0.5, 0.6) is 0 Å². The first kappa shape index (κ1) is 11.6. The molecule has 1 aromatic rings. The zero-order valence-corrected chi connectivity index (χ0v) is 9.74. The number of halogens is 2. The summed E-state index contributed by atoms with van der Waals surface area (Å²) in [5, 5.41) is 0. The molecule has 86 valence electrons. The second-order valence-electron chi connectivity index (χ2n) is 4.14. The van der Waals surface area contributed by atoms with Gasteiger partial charge in [0.05, 0.1) is 10.3 Å². The number of Topliss-reactive ketones (excluding diaryl/α,β-unsaturated/α-hetero) is 1. The lowest BCUT2D eigenvalue weighted by Crippen LogP contribution is -2.29. The highest BCUT2D eigenvalue weighted by Gasteiger charge is 2.38. The standard InChI is InChI=1S/C12H12F2OS/c1-12(5-2-6-16-12)11(15)9-7-8(13)3-4-10(9)14/h3-4,7H,2,5-6H2,1H3. The van der Waals surface area contributed by atoms with Gasteiger partial charge in [0.15, 0.2) is 5.78 Å². The molecule has 0 radical (unpaired) electrons. The largest absolute Gasteiger partial charge is 0.292 e. The summed E-state index contributed by atoms with van der Waals surface area (Å²) in [5.74, 6) is -0.609. The summed E-state index contributed by atoms with van der Waals surface area (Å²) < 4.78 is 25.9. The highest BCUT2D eigenvalue weighted by Crippen LogP contribution is 2.40. The molecule has 1 unspecified atom stereocenters. The summed E-state index contributed by atoms with van der Waals surface area (Å²) in [6, 6.07) is 3.02. The van der Waals surface area contributed by atoms with Crippen molar-refractivity contribution in [2.75, 3.05) is 5.75 Å². The van der Waals surface area contributed by atoms with Gasteiger partial charge in [-0.05, 0) is 43.7 Å². The first-order valence-electron chi connectivity index (χ1n) is 5.17.